The van der Waals surface area contributed by atoms with Crippen LogP contribution in [0.3, 0.4) is 0 Å². The molecule has 1 aromatic heterocycles. The highest BCUT2D eigenvalue weighted by atomic mass is 79.9. The summed E-state index contributed by atoms with van der Waals surface area (Å²) in [4.78, 5) is 14.6. The monoisotopic (exact) mass is 505 g/mol. The molecule has 7 heteroatoms. The SMILES string of the molecule is NC(=O)C(Cc1ccc(O)cc1)N(Cc1ccc(Br)cc1)Cc1cc(-c2ccccc2)on1. The second-order valence-corrected chi connectivity index (χ2v) is 8.78. The van der Waals surface area contributed by atoms with E-state index < -0.39 is 11.9 Å². The summed E-state index contributed by atoms with van der Waals surface area (Å²) in [5.41, 5.74) is 9.46. The van der Waals surface area contributed by atoms with Crippen molar-refractivity contribution < 1.29 is 14.4 Å². The van der Waals surface area contributed by atoms with Crippen molar-refractivity contribution in [3.8, 4) is 17.1 Å². The van der Waals surface area contributed by atoms with Crippen LogP contribution in [0, 0.1) is 0 Å². The van der Waals surface area contributed by atoms with Gasteiger partial charge in [0, 0.05) is 29.2 Å². The summed E-state index contributed by atoms with van der Waals surface area (Å²) >= 11 is 3.46. The first-order valence-corrected chi connectivity index (χ1v) is 11.3. The second-order valence-electron chi connectivity index (χ2n) is 7.87. The molecular weight excluding hydrogens is 482 g/mol. The molecule has 3 N–H and O–H groups in total. The minimum Gasteiger partial charge on any atom is -0.508 e. The van der Waals surface area contributed by atoms with Crippen LogP contribution >= 0.6 is 15.9 Å². The Bertz CT molecular complexity index is 1190. The molecule has 0 aliphatic carbocycles. The van der Waals surface area contributed by atoms with Crippen LogP contribution in [0.25, 0.3) is 11.3 Å². The Morgan fingerprint density at radius 3 is 2.30 bits per heavy atom. The lowest BCUT2D eigenvalue weighted by Gasteiger charge is -2.29. The van der Waals surface area contributed by atoms with Gasteiger partial charge in [0.25, 0.3) is 0 Å². The van der Waals surface area contributed by atoms with Gasteiger partial charge in [0.1, 0.15) is 5.75 Å². The predicted octanol–water partition coefficient (Wildman–Crippen LogP) is 4.91. The van der Waals surface area contributed by atoms with Gasteiger partial charge in [0.2, 0.25) is 5.91 Å². The molecule has 0 spiro atoms. The van der Waals surface area contributed by atoms with Crippen LogP contribution in [0.15, 0.2) is 93.9 Å². The van der Waals surface area contributed by atoms with Gasteiger partial charge in [-0.1, -0.05) is 75.7 Å². The van der Waals surface area contributed by atoms with Gasteiger partial charge in [-0.2, -0.15) is 0 Å². The van der Waals surface area contributed by atoms with E-state index in [2.05, 4.69) is 21.1 Å². The number of nitrogens with two attached hydrogens (primary N) is 1. The van der Waals surface area contributed by atoms with Crippen molar-refractivity contribution in [1.82, 2.24) is 10.1 Å². The van der Waals surface area contributed by atoms with Gasteiger partial charge in [-0.25, -0.2) is 0 Å². The van der Waals surface area contributed by atoms with Gasteiger partial charge in [-0.15, -0.1) is 0 Å². The van der Waals surface area contributed by atoms with Crippen LogP contribution in [0.5, 0.6) is 5.75 Å². The van der Waals surface area contributed by atoms with Crippen LogP contribution in [-0.2, 0) is 24.3 Å². The molecule has 1 heterocycles. The first-order valence-electron chi connectivity index (χ1n) is 10.5. The van der Waals surface area contributed by atoms with Crippen molar-refractivity contribution in [2.45, 2.75) is 25.6 Å². The zero-order valence-corrected chi connectivity index (χ0v) is 19.5. The number of aromatic nitrogens is 1. The maximum absolute atomic E-state index is 12.6. The van der Waals surface area contributed by atoms with Crippen molar-refractivity contribution in [2.75, 3.05) is 0 Å². The molecule has 4 rings (SSSR count). The number of primary amides is 1. The van der Waals surface area contributed by atoms with Crippen molar-refractivity contribution in [1.29, 1.82) is 0 Å². The third kappa shape index (κ3) is 6.09. The van der Waals surface area contributed by atoms with Crippen molar-refractivity contribution in [3.63, 3.8) is 0 Å². The number of hydrogen-bond acceptors (Lipinski definition) is 5. The molecule has 1 amide bonds. The highest BCUT2D eigenvalue weighted by molar-refractivity contribution is 9.10. The lowest BCUT2D eigenvalue weighted by Crippen LogP contribution is -2.45. The number of phenolic OH excluding ortho intramolecular Hbond substituents is 1. The molecule has 1 unspecified atom stereocenters. The average molecular weight is 506 g/mol. The van der Waals surface area contributed by atoms with E-state index in [9.17, 15) is 9.90 Å². The molecule has 0 saturated carbocycles. The summed E-state index contributed by atoms with van der Waals surface area (Å²) in [5, 5.41) is 13.8. The number of benzene rings is 3. The Morgan fingerprint density at radius 2 is 1.64 bits per heavy atom. The molecule has 0 fully saturated rings. The number of halogens is 1. The number of aromatic hydroxyl groups is 1. The predicted molar refractivity (Wildman–Crippen MR) is 130 cm³/mol. The quantitative estimate of drug-likeness (QED) is 0.337. The minimum absolute atomic E-state index is 0.178. The zero-order chi connectivity index (χ0) is 23.2. The summed E-state index contributed by atoms with van der Waals surface area (Å²) in [6.07, 6.45) is 0.412. The molecule has 0 radical (unpaired) electrons. The normalized spacial score (nSPS) is 12.1. The number of hydrogen-bond donors (Lipinski definition) is 2. The molecule has 0 aliphatic heterocycles. The van der Waals surface area contributed by atoms with Gasteiger partial charge in [-0.3, -0.25) is 9.69 Å². The highest BCUT2D eigenvalue weighted by Crippen LogP contribution is 2.23. The van der Waals surface area contributed by atoms with Gasteiger partial charge < -0.3 is 15.4 Å². The molecule has 0 saturated heterocycles. The van der Waals surface area contributed by atoms with Crippen LogP contribution in [-0.4, -0.2) is 27.1 Å². The van der Waals surface area contributed by atoms with Crippen LogP contribution in [0.2, 0.25) is 0 Å². The van der Waals surface area contributed by atoms with Gasteiger partial charge in [0.05, 0.1) is 11.7 Å². The first kappa shape index (κ1) is 22.8. The Kier molecular flexibility index (Phi) is 7.22. The van der Waals surface area contributed by atoms with E-state index in [0.717, 1.165) is 21.2 Å². The molecule has 168 valence electrons. The van der Waals surface area contributed by atoms with Crippen molar-refractivity contribution in [3.05, 3.63) is 106 Å². The second kappa shape index (κ2) is 10.5. The highest BCUT2D eigenvalue weighted by Gasteiger charge is 2.26. The van der Waals surface area contributed by atoms with E-state index in [0.29, 0.717) is 31.0 Å². The van der Waals surface area contributed by atoms with Crippen LogP contribution in [0.4, 0.5) is 0 Å². The summed E-state index contributed by atoms with van der Waals surface area (Å²) < 4.78 is 6.55. The van der Waals surface area contributed by atoms with Crippen LogP contribution < -0.4 is 5.73 Å². The smallest absolute Gasteiger partial charge is 0.235 e. The molecule has 4 aromatic rings. The summed E-state index contributed by atoms with van der Waals surface area (Å²) in [6.45, 7) is 0.893. The molecule has 1 atom stereocenters. The Labute approximate surface area is 200 Å². The molecule has 33 heavy (non-hydrogen) atoms. The molecule has 0 bridgehead atoms. The Morgan fingerprint density at radius 1 is 0.970 bits per heavy atom. The third-order valence-electron chi connectivity index (χ3n) is 5.42. The Hall–Kier alpha value is -3.42. The lowest BCUT2D eigenvalue weighted by atomic mass is 10.0. The molecule has 6 nitrogen and oxygen atoms in total. The standard InChI is InChI=1S/C26H24BrN3O3/c27-21-10-6-19(7-11-21)16-30(24(26(28)32)14-18-8-12-23(31)13-9-18)17-22-15-25(33-29-22)20-4-2-1-3-5-20/h1-13,15,24,31H,14,16-17H2,(H2,28,32). The van der Waals surface area contributed by atoms with Crippen molar-refractivity contribution in [2.24, 2.45) is 5.73 Å². The molecule has 3 aromatic carbocycles. The summed E-state index contributed by atoms with van der Waals surface area (Å²) in [6, 6.07) is 25.8. The number of rotatable bonds is 9. The van der Waals surface area contributed by atoms with Gasteiger partial charge >= 0.3 is 0 Å². The maximum Gasteiger partial charge on any atom is 0.235 e. The van der Waals surface area contributed by atoms with E-state index in [1.54, 1.807) is 24.3 Å². The van der Waals surface area contributed by atoms with E-state index in [-0.39, 0.29) is 5.75 Å². The fourth-order valence-corrected chi connectivity index (χ4v) is 3.96. The number of nitrogens with zero attached hydrogens (tertiary/aromatic N) is 2. The topological polar surface area (TPSA) is 92.6 Å². The number of carbonyl (C=O) groups is 1. The van der Waals surface area contributed by atoms with E-state index in [1.807, 2.05) is 65.6 Å². The number of phenols is 1. The van der Waals surface area contributed by atoms with Gasteiger partial charge in [-0.05, 0) is 41.8 Å². The largest absolute Gasteiger partial charge is 0.508 e. The number of carbonyl (C=O) groups excluding carboxylic acids is 1. The fraction of sp³-hybridized carbons (Fsp3) is 0.154. The zero-order valence-electron chi connectivity index (χ0n) is 17.9. The molecular formula is C26H24BrN3O3. The van der Waals surface area contributed by atoms with Gasteiger partial charge in [0.15, 0.2) is 5.76 Å². The summed E-state index contributed by atoms with van der Waals surface area (Å²) in [7, 11) is 0. The lowest BCUT2D eigenvalue weighted by molar-refractivity contribution is -0.123. The average Bonchev–Trinajstić information content (AvgIpc) is 3.29. The first-order chi connectivity index (χ1) is 16.0. The van der Waals surface area contributed by atoms with E-state index in [4.69, 9.17) is 10.3 Å². The minimum atomic E-state index is -0.574. The van der Waals surface area contributed by atoms with E-state index >= 15 is 0 Å². The maximum atomic E-state index is 12.6. The summed E-state index contributed by atoms with van der Waals surface area (Å²) in [5.74, 6) is 0.424. The van der Waals surface area contributed by atoms with Crippen molar-refractivity contribution >= 4 is 21.8 Å². The van der Waals surface area contributed by atoms with Crippen LogP contribution in [0.1, 0.15) is 16.8 Å². The third-order valence-corrected chi connectivity index (χ3v) is 5.94. The van der Waals surface area contributed by atoms with E-state index in [1.165, 1.54) is 0 Å². The number of amides is 1. The molecule has 0 aliphatic rings. The fourth-order valence-electron chi connectivity index (χ4n) is 3.70. The Balaban J connectivity index is 1.61.